The summed E-state index contributed by atoms with van der Waals surface area (Å²) in [7, 11) is 0. The second-order valence-electron chi connectivity index (χ2n) is 3.20. The molecule has 1 aliphatic heterocycles. The minimum absolute atomic E-state index is 0.223. The molecule has 0 atom stereocenters. The number of carbonyl (C=O) groups excluding carboxylic acids is 1. The third-order valence-corrected chi connectivity index (χ3v) is 2.17. The fourth-order valence-corrected chi connectivity index (χ4v) is 1.39. The van der Waals surface area contributed by atoms with Gasteiger partial charge in [0, 0.05) is 0 Å². The highest BCUT2D eigenvalue weighted by Gasteiger charge is 2.31. The van der Waals surface area contributed by atoms with Gasteiger partial charge in [-0.25, -0.2) is 15.3 Å². The topological polar surface area (TPSA) is 77.8 Å². The molecule has 16 heavy (non-hydrogen) atoms. The quantitative estimate of drug-likeness (QED) is 0.585. The first-order valence-electron chi connectivity index (χ1n) is 4.64. The molecule has 2 rings (SSSR count). The SMILES string of the molecule is C/C(N=N)=C1/C(=O)ONN1c1ccccc1. The van der Waals surface area contributed by atoms with E-state index >= 15 is 0 Å². The van der Waals surface area contributed by atoms with Crippen molar-refractivity contribution in [2.45, 2.75) is 6.92 Å². The van der Waals surface area contributed by atoms with Crippen LogP contribution >= 0.6 is 0 Å². The van der Waals surface area contributed by atoms with Crippen LogP contribution in [0.1, 0.15) is 6.92 Å². The Kier molecular flexibility index (Phi) is 2.65. The van der Waals surface area contributed by atoms with Crippen molar-refractivity contribution < 1.29 is 9.63 Å². The average molecular weight is 218 g/mol. The van der Waals surface area contributed by atoms with E-state index in [1.165, 1.54) is 5.01 Å². The zero-order valence-electron chi connectivity index (χ0n) is 8.60. The summed E-state index contributed by atoms with van der Waals surface area (Å²) in [5, 5.41) is 4.70. The third-order valence-electron chi connectivity index (χ3n) is 2.17. The Morgan fingerprint density at radius 1 is 1.44 bits per heavy atom. The summed E-state index contributed by atoms with van der Waals surface area (Å²) in [4.78, 5) is 16.1. The molecule has 1 saturated heterocycles. The maximum absolute atomic E-state index is 11.4. The van der Waals surface area contributed by atoms with Crippen molar-refractivity contribution >= 4 is 11.7 Å². The molecule has 82 valence electrons. The first kappa shape index (κ1) is 10.3. The van der Waals surface area contributed by atoms with Crippen LogP contribution in [0.15, 0.2) is 46.8 Å². The number of hydrazine groups is 1. The average Bonchev–Trinajstić information content (AvgIpc) is 2.71. The number of benzene rings is 1. The van der Waals surface area contributed by atoms with Crippen molar-refractivity contribution in [3.05, 3.63) is 41.7 Å². The van der Waals surface area contributed by atoms with Gasteiger partial charge in [-0.15, -0.1) is 0 Å². The van der Waals surface area contributed by atoms with Crippen LogP contribution in [0.25, 0.3) is 0 Å². The van der Waals surface area contributed by atoms with Gasteiger partial charge in [0.1, 0.15) is 0 Å². The van der Waals surface area contributed by atoms with Crippen LogP contribution in [0, 0.1) is 5.53 Å². The van der Waals surface area contributed by atoms with E-state index in [4.69, 9.17) is 10.4 Å². The highest BCUT2D eigenvalue weighted by molar-refractivity contribution is 5.95. The zero-order chi connectivity index (χ0) is 11.5. The van der Waals surface area contributed by atoms with E-state index in [2.05, 4.69) is 10.7 Å². The summed E-state index contributed by atoms with van der Waals surface area (Å²) >= 11 is 0. The summed E-state index contributed by atoms with van der Waals surface area (Å²) in [6.07, 6.45) is 0. The molecule has 0 radical (unpaired) electrons. The minimum atomic E-state index is -0.544. The van der Waals surface area contributed by atoms with E-state index < -0.39 is 5.97 Å². The summed E-state index contributed by atoms with van der Waals surface area (Å²) < 4.78 is 0. The molecule has 0 unspecified atom stereocenters. The van der Waals surface area contributed by atoms with Crippen molar-refractivity contribution in [3.8, 4) is 0 Å². The van der Waals surface area contributed by atoms with Crippen LogP contribution in [-0.2, 0) is 9.63 Å². The summed E-state index contributed by atoms with van der Waals surface area (Å²) in [6.45, 7) is 1.58. The number of hydrogen-bond donors (Lipinski definition) is 2. The third kappa shape index (κ3) is 1.66. The van der Waals surface area contributed by atoms with E-state index in [0.717, 1.165) is 5.69 Å². The summed E-state index contributed by atoms with van der Waals surface area (Å²) in [6, 6.07) is 9.17. The molecule has 6 nitrogen and oxygen atoms in total. The van der Waals surface area contributed by atoms with Gasteiger partial charge in [0.05, 0.1) is 11.4 Å². The monoisotopic (exact) mass is 218 g/mol. The van der Waals surface area contributed by atoms with E-state index in [1.54, 1.807) is 6.92 Å². The number of allylic oxidation sites excluding steroid dienone is 1. The lowest BCUT2D eigenvalue weighted by molar-refractivity contribution is -0.140. The first-order valence-corrected chi connectivity index (χ1v) is 4.64. The van der Waals surface area contributed by atoms with Crippen LogP contribution in [0.3, 0.4) is 0 Å². The second-order valence-corrected chi connectivity index (χ2v) is 3.20. The number of carbonyl (C=O) groups is 1. The van der Waals surface area contributed by atoms with Crippen molar-refractivity contribution in [1.29, 1.82) is 5.53 Å². The Hall–Kier alpha value is -2.21. The van der Waals surface area contributed by atoms with Crippen LogP contribution in [-0.4, -0.2) is 5.97 Å². The molecular weight excluding hydrogens is 208 g/mol. The second kappa shape index (κ2) is 4.11. The molecule has 0 spiro atoms. The van der Waals surface area contributed by atoms with Gasteiger partial charge in [-0.05, 0) is 19.1 Å². The maximum Gasteiger partial charge on any atom is 0.378 e. The largest absolute Gasteiger partial charge is 0.378 e. The van der Waals surface area contributed by atoms with E-state index in [9.17, 15) is 4.79 Å². The van der Waals surface area contributed by atoms with E-state index in [1.807, 2.05) is 30.3 Å². The lowest BCUT2D eigenvalue weighted by atomic mass is 10.2. The minimum Gasteiger partial charge on any atom is -0.345 e. The predicted octanol–water partition coefficient (Wildman–Crippen LogP) is 1.73. The maximum atomic E-state index is 11.4. The standard InChI is InChI=1S/C10H10N4O2/c1-7(12-11)9-10(15)16-13-14(9)8-5-3-2-4-6-8/h2-6,11,13H,1H3/b9-7+,12-11?. The fourth-order valence-electron chi connectivity index (χ4n) is 1.39. The van der Waals surface area contributed by atoms with Gasteiger partial charge in [0.2, 0.25) is 0 Å². The Morgan fingerprint density at radius 2 is 2.12 bits per heavy atom. The van der Waals surface area contributed by atoms with Crippen LogP contribution in [0.2, 0.25) is 0 Å². The van der Waals surface area contributed by atoms with Crippen LogP contribution in [0.5, 0.6) is 0 Å². The molecule has 2 N–H and O–H groups in total. The lowest BCUT2D eigenvalue weighted by Gasteiger charge is -2.15. The fraction of sp³-hybridized carbons (Fsp3) is 0.100. The van der Waals surface area contributed by atoms with Gasteiger partial charge in [0.15, 0.2) is 5.70 Å². The van der Waals surface area contributed by atoms with Gasteiger partial charge in [-0.3, -0.25) is 0 Å². The van der Waals surface area contributed by atoms with Gasteiger partial charge in [-0.1, -0.05) is 23.8 Å². The Balaban J connectivity index is 2.43. The Labute approximate surface area is 91.9 Å². The Bertz CT molecular complexity index is 455. The number of rotatable bonds is 2. The smallest absolute Gasteiger partial charge is 0.345 e. The molecule has 1 fully saturated rings. The Morgan fingerprint density at radius 3 is 2.75 bits per heavy atom. The molecule has 0 saturated carbocycles. The van der Waals surface area contributed by atoms with Gasteiger partial charge >= 0.3 is 5.97 Å². The van der Waals surface area contributed by atoms with Crippen LogP contribution in [0.4, 0.5) is 5.69 Å². The lowest BCUT2D eigenvalue weighted by Crippen LogP contribution is -2.28. The number of nitrogens with one attached hydrogen (secondary N) is 2. The number of anilines is 1. The normalized spacial score (nSPS) is 18.3. The molecule has 1 aliphatic rings. The van der Waals surface area contributed by atoms with Crippen molar-refractivity contribution in [2.24, 2.45) is 5.11 Å². The van der Waals surface area contributed by atoms with Gasteiger partial charge < -0.3 is 4.84 Å². The van der Waals surface area contributed by atoms with Crippen molar-refractivity contribution in [3.63, 3.8) is 0 Å². The molecule has 6 heteroatoms. The van der Waals surface area contributed by atoms with Gasteiger partial charge in [-0.2, -0.15) is 5.11 Å². The van der Waals surface area contributed by atoms with Gasteiger partial charge in [0.25, 0.3) is 0 Å². The van der Waals surface area contributed by atoms with Crippen molar-refractivity contribution in [1.82, 2.24) is 5.59 Å². The summed E-state index contributed by atoms with van der Waals surface area (Å²) in [5.41, 5.74) is 10.6. The van der Waals surface area contributed by atoms with E-state index in [-0.39, 0.29) is 5.70 Å². The molecule has 0 amide bonds. The highest BCUT2D eigenvalue weighted by Crippen LogP contribution is 2.23. The number of nitrogens with zero attached hydrogens (tertiary/aromatic N) is 2. The molecule has 0 aliphatic carbocycles. The molecular formula is C10H10N4O2. The molecule has 1 aromatic rings. The summed E-state index contributed by atoms with van der Waals surface area (Å²) in [5.74, 6) is -0.544. The zero-order valence-corrected chi connectivity index (χ0v) is 8.60. The molecule has 0 aromatic heterocycles. The van der Waals surface area contributed by atoms with Crippen LogP contribution < -0.4 is 10.6 Å². The molecule has 1 heterocycles. The first-order chi connectivity index (χ1) is 7.74. The molecule has 1 aromatic carbocycles. The highest BCUT2D eigenvalue weighted by atomic mass is 16.7. The predicted molar refractivity (Wildman–Crippen MR) is 56.0 cm³/mol. The van der Waals surface area contributed by atoms with E-state index in [0.29, 0.717) is 5.70 Å². The number of para-hydroxylation sites is 1. The molecule has 0 bridgehead atoms. The van der Waals surface area contributed by atoms with Crippen molar-refractivity contribution in [2.75, 3.05) is 5.01 Å². The number of hydrogen-bond acceptors (Lipinski definition) is 6.